The number of benzene rings is 1. The molecule has 0 aliphatic carbocycles. The Morgan fingerprint density at radius 3 is 2.82 bits per heavy atom. The summed E-state index contributed by atoms with van der Waals surface area (Å²) < 4.78 is 4.88. The Labute approximate surface area is 97.1 Å². The van der Waals surface area contributed by atoms with E-state index in [1.165, 1.54) is 6.92 Å². The van der Waals surface area contributed by atoms with Crippen LogP contribution in [0.5, 0.6) is 0 Å². The summed E-state index contributed by atoms with van der Waals surface area (Å²) in [5, 5.41) is 12.8. The number of carboxylic acid groups (broad SMARTS) is 1. The number of nitrogens with zero attached hydrogens (tertiary/aromatic N) is 2. The third-order valence-electron chi connectivity index (χ3n) is 2.36. The van der Waals surface area contributed by atoms with E-state index in [0.29, 0.717) is 11.3 Å². The fraction of sp³-hybridized carbons (Fsp3) is 0.0833. The number of carbonyl (C=O) groups is 1. The average Bonchev–Trinajstić information content (AvgIpc) is 2.71. The van der Waals surface area contributed by atoms with Gasteiger partial charge >= 0.3 is 5.97 Å². The highest BCUT2D eigenvalue weighted by Gasteiger charge is 2.22. The highest BCUT2D eigenvalue weighted by atomic mass is 16.5. The van der Waals surface area contributed by atoms with Crippen molar-refractivity contribution in [3.05, 3.63) is 47.0 Å². The second-order valence-corrected chi connectivity index (χ2v) is 3.40. The summed E-state index contributed by atoms with van der Waals surface area (Å²) in [4.78, 5) is 14.4. The SMILES string of the molecule is [C-]#[N+]c1ccccc1-c1noc(C)c1C(=O)O. The molecule has 1 aromatic carbocycles. The van der Waals surface area contributed by atoms with Crippen LogP contribution in [0.3, 0.4) is 0 Å². The highest BCUT2D eigenvalue weighted by Crippen LogP contribution is 2.32. The zero-order valence-corrected chi connectivity index (χ0v) is 8.97. The molecule has 5 nitrogen and oxygen atoms in total. The van der Waals surface area contributed by atoms with E-state index >= 15 is 0 Å². The van der Waals surface area contributed by atoms with Gasteiger partial charge in [0.1, 0.15) is 17.0 Å². The van der Waals surface area contributed by atoms with Crippen LogP contribution in [-0.2, 0) is 0 Å². The Balaban J connectivity index is 2.70. The molecule has 2 rings (SSSR count). The molecule has 0 radical (unpaired) electrons. The molecule has 1 aromatic heterocycles. The molecule has 0 amide bonds. The first-order chi connectivity index (χ1) is 8.15. The van der Waals surface area contributed by atoms with Crippen molar-refractivity contribution in [2.24, 2.45) is 0 Å². The molecule has 0 saturated heterocycles. The topological polar surface area (TPSA) is 67.7 Å². The average molecular weight is 228 g/mol. The van der Waals surface area contributed by atoms with Gasteiger partial charge in [0.05, 0.1) is 6.57 Å². The molecule has 2 aromatic rings. The lowest BCUT2D eigenvalue weighted by Gasteiger charge is -2.00. The van der Waals surface area contributed by atoms with Gasteiger partial charge in [-0.2, -0.15) is 0 Å². The molecule has 0 spiro atoms. The number of aryl methyl sites for hydroxylation is 1. The fourth-order valence-electron chi connectivity index (χ4n) is 1.58. The minimum absolute atomic E-state index is 0.00102. The third-order valence-corrected chi connectivity index (χ3v) is 2.36. The number of carboxylic acids is 1. The van der Waals surface area contributed by atoms with Crippen LogP contribution in [0.25, 0.3) is 16.1 Å². The van der Waals surface area contributed by atoms with Crippen molar-refractivity contribution < 1.29 is 14.4 Å². The summed E-state index contributed by atoms with van der Waals surface area (Å²) in [7, 11) is 0. The molecule has 0 aliphatic heterocycles. The summed E-state index contributed by atoms with van der Waals surface area (Å²) in [6, 6.07) is 6.69. The summed E-state index contributed by atoms with van der Waals surface area (Å²) in [5.74, 6) is -0.884. The zero-order valence-electron chi connectivity index (χ0n) is 8.97. The van der Waals surface area contributed by atoms with E-state index in [9.17, 15) is 4.79 Å². The first-order valence-electron chi connectivity index (χ1n) is 4.81. The van der Waals surface area contributed by atoms with Gasteiger partial charge in [0.25, 0.3) is 0 Å². The van der Waals surface area contributed by atoms with E-state index in [4.69, 9.17) is 16.2 Å². The first kappa shape index (κ1) is 10.9. The Hall–Kier alpha value is -2.61. The summed E-state index contributed by atoms with van der Waals surface area (Å²) in [6.07, 6.45) is 0. The van der Waals surface area contributed by atoms with E-state index in [1.54, 1.807) is 24.3 Å². The number of para-hydroxylation sites is 1. The molecule has 17 heavy (non-hydrogen) atoms. The molecule has 1 N–H and O–H groups in total. The quantitative estimate of drug-likeness (QED) is 0.802. The van der Waals surface area contributed by atoms with E-state index in [1.807, 2.05) is 0 Å². The highest BCUT2D eigenvalue weighted by molar-refractivity contribution is 5.97. The maximum atomic E-state index is 11.1. The predicted octanol–water partition coefficient (Wildman–Crippen LogP) is 2.90. The molecular formula is C12H8N2O3. The van der Waals surface area contributed by atoms with Gasteiger partial charge < -0.3 is 9.63 Å². The van der Waals surface area contributed by atoms with Crippen LogP contribution >= 0.6 is 0 Å². The maximum Gasteiger partial charge on any atom is 0.341 e. The van der Waals surface area contributed by atoms with Gasteiger partial charge in [0, 0.05) is 5.56 Å². The number of aromatic nitrogens is 1. The standard InChI is InChI=1S/C12H8N2O3/c1-7-10(12(15)16)11(14-17-7)8-5-3-4-6-9(8)13-2/h3-6H,1H3,(H,15,16). The molecule has 5 heteroatoms. The summed E-state index contributed by atoms with van der Waals surface area (Å²) in [5.41, 5.74) is 1.02. The Morgan fingerprint density at radius 1 is 1.47 bits per heavy atom. The molecule has 0 unspecified atom stereocenters. The Morgan fingerprint density at radius 2 is 2.18 bits per heavy atom. The van der Waals surface area contributed by atoms with Crippen LogP contribution in [0.1, 0.15) is 16.1 Å². The molecular weight excluding hydrogens is 220 g/mol. The van der Waals surface area contributed by atoms with E-state index in [0.717, 1.165) is 0 Å². The largest absolute Gasteiger partial charge is 0.477 e. The number of rotatable bonds is 2. The Kier molecular flexibility index (Phi) is 2.63. The normalized spacial score (nSPS) is 9.88. The van der Waals surface area contributed by atoms with Gasteiger partial charge in [-0.05, 0) is 6.92 Å². The maximum absolute atomic E-state index is 11.1. The minimum Gasteiger partial charge on any atom is -0.477 e. The monoisotopic (exact) mass is 228 g/mol. The smallest absolute Gasteiger partial charge is 0.341 e. The second-order valence-electron chi connectivity index (χ2n) is 3.40. The molecule has 0 aliphatic rings. The molecule has 0 saturated carbocycles. The number of aromatic carboxylic acids is 1. The van der Waals surface area contributed by atoms with Crippen LogP contribution in [0.2, 0.25) is 0 Å². The van der Waals surface area contributed by atoms with Gasteiger partial charge in [0.15, 0.2) is 5.69 Å². The van der Waals surface area contributed by atoms with Crippen molar-refractivity contribution in [2.45, 2.75) is 6.92 Å². The van der Waals surface area contributed by atoms with E-state index in [-0.39, 0.29) is 17.0 Å². The lowest BCUT2D eigenvalue weighted by molar-refractivity contribution is 0.0696. The predicted molar refractivity (Wildman–Crippen MR) is 59.9 cm³/mol. The van der Waals surface area contributed by atoms with Crippen molar-refractivity contribution in [2.75, 3.05) is 0 Å². The molecule has 1 heterocycles. The second kappa shape index (κ2) is 4.10. The summed E-state index contributed by atoms with van der Waals surface area (Å²) >= 11 is 0. The summed E-state index contributed by atoms with van der Waals surface area (Å²) in [6.45, 7) is 8.57. The van der Waals surface area contributed by atoms with Crippen molar-refractivity contribution in [3.63, 3.8) is 0 Å². The van der Waals surface area contributed by atoms with Crippen LogP contribution in [0.4, 0.5) is 5.69 Å². The molecule has 0 bridgehead atoms. The van der Waals surface area contributed by atoms with Crippen LogP contribution in [-0.4, -0.2) is 16.2 Å². The van der Waals surface area contributed by atoms with Gasteiger partial charge in [-0.3, -0.25) is 0 Å². The van der Waals surface area contributed by atoms with E-state index < -0.39 is 5.97 Å². The molecule has 0 atom stereocenters. The van der Waals surface area contributed by atoms with Crippen molar-refractivity contribution in [1.82, 2.24) is 5.16 Å². The van der Waals surface area contributed by atoms with Gasteiger partial charge in [-0.25, -0.2) is 9.64 Å². The number of hydrogen-bond donors (Lipinski definition) is 1. The molecule has 84 valence electrons. The first-order valence-corrected chi connectivity index (χ1v) is 4.81. The lowest BCUT2D eigenvalue weighted by Crippen LogP contribution is -1.99. The van der Waals surface area contributed by atoms with Gasteiger partial charge in [-0.1, -0.05) is 29.4 Å². The number of hydrogen-bond acceptors (Lipinski definition) is 3. The van der Waals surface area contributed by atoms with Crippen molar-refractivity contribution >= 4 is 11.7 Å². The van der Waals surface area contributed by atoms with Crippen molar-refractivity contribution in [1.29, 1.82) is 0 Å². The minimum atomic E-state index is -1.11. The zero-order chi connectivity index (χ0) is 12.4. The van der Waals surface area contributed by atoms with Crippen LogP contribution in [0, 0.1) is 13.5 Å². The van der Waals surface area contributed by atoms with Crippen molar-refractivity contribution in [3.8, 4) is 11.3 Å². The fourth-order valence-corrected chi connectivity index (χ4v) is 1.58. The van der Waals surface area contributed by atoms with E-state index in [2.05, 4.69) is 10.0 Å². The lowest BCUT2D eigenvalue weighted by atomic mass is 10.0. The van der Waals surface area contributed by atoms with Gasteiger partial charge in [-0.15, -0.1) is 0 Å². The Bertz CT molecular complexity index is 623. The third kappa shape index (κ3) is 1.76. The van der Waals surface area contributed by atoms with Gasteiger partial charge in [0.2, 0.25) is 0 Å². The van der Waals surface area contributed by atoms with Crippen LogP contribution in [0.15, 0.2) is 28.8 Å². The van der Waals surface area contributed by atoms with Crippen LogP contribution < -0.4 is 0 Å². The molecule has 0 fully saturated rings.